The van der Waals surface area contributed by atoms with Crippen LogP contribution in [0.25, 0.3) is 48.2 Å². The number of hydrogen-bond acceptors (Lipinski definition) is 5. The molecule has 2 aliphatic rings. The van der Waals surface area contributed by atoms with E-state index in [1.54, 1.807) is 11.3 Å². The second-order valence-corrected chi connectivity index (χ2v) is 11.7. The van der Waals surface area contributed by atoms with E-state index in [0.29, 0.717) is 0 Å². The molecule has 3 atom stereocenters. The molecule has 1 aliphatic heterocycles. The molecule has 1 saturated heterocycles. The van der Waals surface area contributed by atoms with E-state index in [4.69, 9.17) is 9.97 Å². The van der Waals surface area contributed by atoms with Gasteiger partial charge in [0.05, 0.1) is 17.6 Å². The van der Waals surface area contributed by atoms with Crippen molar-refractivity contribution in [1.82, 2.24) is 19.9 Å². The second-order valence-electron chi connectivity index (χ2n) is 10.7. The van der Waals surface area contributed by atoms with Gasteiger partial charge in [0, 0.05) is 26.8 Å². The van der Waals surface area contributed by atoms with Gasteiger partial charge in [0.15, 0.2) is 5.65 Å². The molecule has 5 nitrogen and oxygen atoms in total. The normalized spacial score (nSPS) is 20.1. The van der Waals surface area contributed by atoms with Gasteiger partial charge in [0.1, 0.15) is 22.0 Å². The Morgan fingerprint density at radius 2 is 1.39 bits per heavy atom. The van der Waals surface area contributed by atoms with Crippen LogP contribution in [0.5, 0.6) is 0 Å². The first kappa shape index (κ1) is 23.0. The maximum Gasteiger partial charge on any atom is 0.165 e. The molecule has 41 heavy (non-hydrogen) atoms. The summed E-state index contributed by atoms with van der Waals surface area (Å²) in [5.74, 6) is 0. The Labute approximate surface area is 240 Å². The van der Waals surface area contributed by atoms with Gasteiger partial charge in [0.2, 0.25) is 0 Å². The zero-order chi connectivity index (χ0) is 26.9. The van der Waals surface area contributed by atoms with Gasteiger partial charge in [-0.2, -0.15) is 0 Å². The van der Waals surface area contributed by atoms with E-state index in [-0.39, 0.29) is 18.2 Å². The number of thiophene rings is 1. The first-order valence-electron chi connectivity index (χ1n) is 14.0. The minimum absolute atomic E-state index is 0.0868. The summed E-state index contributed by atoms with van der Waals surface area (Å²) in [4.78, 5) is 13.9. The quantitative estimate of drug-likeness (QED) is 0.244. The third-order valence-corrected chi connectivity index (χ3v) is 9.44. The molecule has 0 radical (unpaired) electrons. The molecule has 0 bridgehead atoms. The Morgan fingerprint density at radius 1 is 0.659 bits per heavy atom. The fourth-order valence-corrected chi connectivity index (χ4v) is 7.55. The second kappa shape index (κ2) is 8.86. The van der Waals surface area contributed by atoms with Crippen LogP contribution in [0.2, 0.25) is 0 Å². The molecule has 1 aliphatic carbocycles. The van der Waals surface area contributed by atoms with Crippen LogP contribution in [-0.2, 0) is 0 Å². The van der Waals surface area contributed by atoms with E-state index in [2.05, 4.69) is 142 Å². The van der Waals surface area contributed by atoms with Gasteiger partial charge in [-0.25, -0.2) is 9.97 Å². The third kappa shape index (κ3) is 3.44. The van der Waals surface area contributed by atoms with Crippen molar-refractivity contribution in [3.63, 3.8) is 0 Å². The lowest BCUT2D eigenvalue weighted by atomic mass is 10.0. The molecule has 4 aromatic carbocycles. The van der Waals surface area contributed by atoms with E-state index < -0.39 is 0 Å². The number of nitrogens with one attached hydrogen (secondary N) is 1. The standard InChI is InChI=1S/C35H25N5S/c1-2-10-22(11-3-1)33-36-27-14-6-8-16-29(27)40(33)24-20-18-23(19-21-24)39-28-15-7-4-12-25(28)31-34(39)37-32-26-13-5-9-17-30(26)41-35(32)38-31/h1-21,27,29,33,36H. The Kier molecular flexibility index (Phi) is 4.97. The summed E-state index contributed by atoms with van der Waals surface area (Å²) < 4.78 is 3.48. The molecule has 9 rings (SSSR count). The number of para-hydroxylation sites is 1. The molecule has 7 aromatic rings. The smallest absolute Gasteiger partial charge is 0.165 e. The van der Waals surface area contributed by atoms with Crippen LogP contribution in [0.15, 0.2) is 127 Å². The summed E-state index contributed by atoms with van der Waals surface area (Å²) in [6, 6.07) is 37.1. The molecule has 1 N–H and O–H groups in total. The maximum absolute atomic E-state index is 5.26. The monoisotopic (exact) mass is 547 g/mol. The van der Waals surface area contributed by atoms with Gasteiger partial charge >= 0.3 is 0 Å². The topological polar surface area (TPSA) is 46.0 Å². The van der Waals surface area contributed by atoms with Crippen molar-refractivity contribution in [3.8, 4) is 5.69 Å². The predicted octanol–water partition coefficient (Wildman–Crippen LogP) is 7.91. The zero-order valence-electron chi connectivity index (χ0n) is 22.1. The number of fused-ring (bicyclic) bond motifs is 7. The van der Waals surface area contributed by atoms with Crippen molar-refractivity contribution in [2.45, 2.75) is 18.2 Å². The largest absolute Gasteiger partial charge is 0.343 e. The first-order chi connectivity index (χ1) is 20.3. The van der Waals surface area contributed by atoms with Gasteiger partial charge in [-0.3, -0.25) is 9.88 Å². The van der Waals surface area contributed by atoms with E-state index in [1.165, 1.54) is 16.0 Å². The van der Waals surface area contributed by atoms with Crippen LogP contribution in [0.1, 0.15) is 11.7 Å². The highest BCUT2D eigenvalue weighted by atomic mass is 32.1. The molecule has 3 unspecified atom stereocenters. The van der Waals surface area contributed by atoms with E-state index in [9.17, 15) is 0 Å². The average molecular weight is 548 g/mol. The van der Waals surface area contributed by atoms with Crippen molar-refractivity contribution < 1.29 is 0 Å². The molecule has 0 spiro atoms. The Hall–Kier alpha value is -4.78. The van der Waals surface area contributed by atoms with Crippen molar-refractivity contribution in [1.29, 1.82) is 0 Å². The number of nitrogens with zero attached hydrogens (tertiary/aromatic N) is 4. The van der Waals surface area contributed by atoms with Crippen LogP contribution in [-0.4, -0.2) is 26.6 Å². The highest BCUT2D eigenvalue weighted by Gasteiger charge is 2.39. The van der Waals surface area contributed by atoms with Gasteiger partial charge in [-0.05, 0) is 42.0 Å². The Bertz CT molecular complexity index is 2160. The first-order valence-corrected chi connectivity index (χ1v) is 14.8. The number of allylic oxidation sites excluding steroid dienone is 2. The van der Waals surface area contributed by atoms with Gasteiger partial charge in [-0.15, -0.1) is 11.3 Å². The van der Waals surface area contributed by atoms with Crippen molar-refractivity contribution >= 4 is 59.5 Å². The summed E-state index contributed by atoms with van der Waals surface area (Å²) in [6.07, 6.45) is 8.95. The molecule has 6 heteroatoms. The zero-order valence-corrected chi connectivity index (χ0v) is 22.9. The van der Waals surface area contributed by atoms with Crippen molar-refractivity contribution in [3.05, 3.63) is 133 Å². The van der Waals surface area contributed by atoms with Crippen molar-refractivity contribution in [2.75, 3.05) is 4.90 Å². The lowest BCUT2D eigenvalue weighted by molar-refractivity contribution is 0.610. The fourth-order valence-electron chi connectivity index (χ4n) is 6.53. The number of rotatable bonds is 3. The van der Waals surface area contributed by atoms with E-state index in [0.717, 1.165) is 43.5 Å². The van der Waals surface area contributed by atoms with Crippen LogP contribution < -0.4 is 10.2 Å². The molecule has 1 fully saturated rings. The minimum atomic E-state index is 0.0868. The number of benzene rings is 4. The van der Waals surface area contributed by atoms with Crippen molar-refractivity contribution in [2.24, 2.45) is 0 Å². The van der Waals surface area contributed by atoms with Crippen LogP contribution in [0, 0.1) is 0 Å². The molecule has 196 valence electrons. The fraction of sp³-hybridized carbons (Fsp3) is 0.0857. The van der Waals surface area contributed by atoms with Gasteiger partial charge in [-0.1, -0.05) is 91.0 Å². The molecule has 4 heterocycles. The molecule has 0 saturated carbocycles. The molecular weight excluding hydrogens is 522 g/mol. The SMILES string of the molecule is C1=CC2NC(c3ccccc3)N(c3ccc(-n4c5ccccc5c5nc6sc7ccccc7c6nc54)cc3)C2C=C1. The summed E-state index contributed by atoms with van der Waals surface area (Å²) in [5.41, 5.74) is 7.43. The highest BCUT2D eigenvalue weighted by molar-refractivity contribution is 7.25. The highest BCUT2D eigenvalue weighted by Crippen LogP contribution is 2.39. The Morgan fingerprint density at radius 3 is 2.27 bits per heavy atom. The Balaban J connectivity index is 1.21. The third-order valence-electron chi connectivity index (χ3n) is 8.38. The molecule has 3 aromatic heterocycles. The summed E-state index contributed by atoms with van der Waals surface area (Å²) in [6.45, 7) is 0. The lowest BCUT2D eigenvalue weighted by Crippen LogP contribution is -2.35. The number of hydrogen-bond donors (Lipinski definition) is 1. The van der Waals surface area contributed by atoms with Crippen LogP contribution in [0.3, 0.4) is 0 Å². The number of aromatic nitrogens is 3. The molecule has 0 amide bonds. The minimum Gasteiger partial charge on any atom is -0.343 e. The number of anilines is 1. The van der Waals surface area contributed by atoms with E-state index in [1.807, 2.05) is 0 Å². The van der Waals surface area contributed by atoms with Gasteiger partial charge in [0.25, 0.3) is 0 Å². The maximum atomic E-state index is 5.26. The summed E-state index contributed by atoms with van der Waals surface area (Å²) in [7, 11) is 0. The summed E-state index contributed by atoms with van der Waals surface area (Å²) >= 11 is 1.71. The van der Waals surface area contributed by atoms with Crippen LogP contribution in [0.4, 0.5) is 5.69 Å². The predicted molar refractivity (Wildman–Crippen MR) is 170 cm³/mol. The van der Waals surface area contributed by atoms with Gasteiger partial charge < -0.3 is 4.90 Å². The molecular formula is C35H25N5S. The van der Waals surface area contributed by atoms with E-state index >= 15 is 0 Å². The van der Waals surface area contributed by atoms with Crippen LogP contribution >= 0.6 is 11.3 Å². The average Bonchev–Trinajstić information content (AvgIpc) is 3.70. The summed E-state index contributed by atoms with van der Waals surface area (Å²) in [5, 5.41) is 6.12. The lowest BCUT2D eigenvalue weighted by Gasteiger charge is -2.31.